The van der Waals surface area contributed by atoms with Gasteiger partial charge in [0.2, 0.25) is 0 Å². The van der Waals surface area contributed by atoms with Crippen LogP contribution < -0.4 is 4.72 Å². The Kier molecular flexibility index (Phi) is 8.01. The number of hydrogen-bond acceptors (Lipinski definition) is 6. The maximum atomic E-state index is 13.6. The normalized spacial score (nSPS) is 18.2. The third kappa shape index (κ3) is 5.40. The van der Waals surface area contributed by atoms with Crippen LogP contribution in [0.4, 0.5) is 5.69 Å². The molecule has 7 nitrogen and oxygen atoms in total. The van der Waals surface area contributed by atoms with Crippen molar-refractivity contribution in [3.63, 3.8) is 0 Å². The molecule has 0 bridgehead atoms. The van der Waals surface area contributed by atoms with Gasteiger partial charge in [-0.2, -0.15) is 5.26 Å². The van der Waals surface area contributed by atoms with Crippen LogP contribution in [0.3, 0.4) is 0 Å². The van der Waals surface area contributed by atoms with Crippen LogP contribution in [0.1, 0.15) is 70.4 Å². The zero-order valence-corrected chi connectivity index (χ0v) is 21.4. The molecule has 186 valence electrons. The minimum Gasteiger partial charge on any atom is -0.450 e. The first-order chi connectivity index (χ1) is 16.6. The Morgan fingerprint density at radius 1 is 1.06 bits per heavy atom. The van der Waals surface area contributed by atoms with Gasteiger partial charge in [-0.05, 0) is 60.7 Å². The summed E-state index contributed by atoms with van der Waals surface area (Å²) < 4.78 is 34.1. The van der Waals surface area contributed by atoms with Gasteiger partial charge in [0.05, 0.1) is 16.5 Å². The summed E-state index contributed by atoms with van der Waals surface area (Å²) in [5.41, 5.74) is 0.303. The van der Waals surface area contributed by atoms with Crippen LogP contribution in [0.25, 0.3) is 0 Å². The molecule has 2 atom stereocenters. The molecule has 0 aliphatic carbocycles. The van der Waals surface area contributed by atoms with E-state index in [1.54, 1.807) is 18.2 Å². The van der Waals surface area contributed by atoms with Crippen LogP contribution in [0.5, 0.6) is 0 Å². The first-order valence-electron chi connectivity index (χ1n) is 12.0. The van der Waals surface area contributed by atoms with Gasteiger partial charge >= 0.3 is 5.97 Å². The predicted octanol–water partition coefficient (Wildman–Crippen LogP) is 5.18. The highest BCUT2D eigenvalue weighted by Gasteiger charge is 2.56. The first kappa shape index (κ1) is 26.4. The Labute approximate surface area is 207 Å². The number of nitrogens with zero attached hydrogens (tertiary/aromatic N) is 1. The van der Waals surface area contributed by atoms with Gasteiger partial charge in [0.25, 0.3) is 10.0 Å². The van der Waals surface area contributed by atoms with Crippen molar-refractivity contribution in [2.45, 2.75) is 69.8 Å². The van der Waals surface area contributed by atoms with Crippen molar-refractivity contribution in [3.05, 3.63) is 59.7 Å². The maximum absolute atomic E-state index is 13.6. The monoisotopic (exact) mass is 496 g/mol. The van der Waals surface area contributed by atoms with Crippen LogP contribution in [-0.2, 0) is 24.3 Å². The number of cyclic esters (lactones) is 1. The predicted molar refractivity (Wildman–Crippen MR) is 133 cm³/mol. The smallest absolute Gasteiger partial charge is 0.318 e. The lowest BCUT2D eigenvalue weighted by Crippen LogP contribution is -2.39. The third-order valence-corrected chi connectivity index (χ3v) is 7.88. The highest BCUT2D eigenvalue weighted by molar-refractivity contribution is 7.92. The number of carbonyl (C=O) groups excluding carboxylic acids is 2. The molecule has 2 aromatic rings. The zero-order valence-electron chi connectivity index (χ0n) is 20.6. The summed E-state index contributed by atoms with van der Waals surface area (Å²) in [7, 11) is -3.89. The van der Waals surface area contributed by atoms with Crippen LogP contribution in [0.15, 0.2) is 53.4 Å². The quantitative estimate of drug-likeness (QED) is 0.358. The minimum absolute atomic E-state index is 0.0285. The van der Waals surface area contributed by atoms with Crippen LogP contribution in [-0.4, -0.2) is 25.8 Å². The van der Waals surface area contributed by atoms with Crippen LogP contribution in [0, 0.1) is 23.2 Å². The van der Waals surface area contributed by atoms with Crippen molar-refractivity contribution in [1.29, 1.82) is 5.26 Å². The molecule has 35 heavy (non-hydrogen) atoms. The van der Waals surface area contributed by atoms with E-state index in [9.17, 15) is 18.0 Å². The number of anilines is 1. The summed E-state index contributed by atoms with van der Waals surface area (Å²) in [6, 6.07) is 14.4. The Morgan fingerprint density at radius 2 is 1.69 bits per heavy atom. The standard InChI is InChI=1S/C27H32N2O5S/c1-5-14-27(15-6-2)25(30)24(26(31)34-27)23(18(3)4)20-8-7-9-21(16-20)29-35(32,33)22-12-10-19(17-28)11-13-22/h7-13,16,18,23-24,29H,5-6,14-15H2,1-4H3. The Bertz CT molecular complexity index is 1220. The van der Waals surface area contributed by atoms with E-state index in [2.05, 4.69) is 4.72 Å². The van der Waals surface area contributed by atoms with Gasteiger partial charge in [0, 0.05) is 11.6 Å². The topological polar surface area (TPSA) is 113 Å². The molecule has 8 heteroatoms. The van der Waals surface area contributed by atoms with Gasteiger partial charge < -0.3 is 4.74 Å². The van der Waals surface area contributed by atoms with Crippen molar-refractivity contribution < 1.29 is 22.7 Å². The fourth-order valence-electron chi connectivity index (χ4n) is 4.98. The molecule has 0 spiro atoms. The molecule has 0 amide bonds. The van der Waals surface area contributed by atoms with E-state index in [1.165, 1.54) is 24.3 Å². The lowest BCUT2D eigenvalue weighted by atomic mass is 9.73. The van der Waals surface area contributed by atoms with Crippen LogP contribution >= 0.6 is 0 Å². The van der Waals surface area contributed by atoms with Gasteiger partial charge in [-0.3, -0.25) is 14.3 Å². The zero-order chi connectivity index (χ0) is 25.8. The second-order valence-electron chi connectivity index (χ2n) is 9.39. The summed E-state index contributed by atoms with van der Waals surface area (Å²) in [4.78, 5) is 26.7. The molecule has 1 aliphatic rings. The van der Waals surface area contributed by atoms with E-state index >= 15 is 0 Å². The fourth-order valence-corrected chi connectivity index (χ4v) is 6.03. The number of Topliss-reactive ketones (excluding diaryl/α,β-unsaturated/α-hetero) is 1. The largest absolute Gasteiger partial charge is 0.450 e. The number of ether oxygens (including phenoxy) is 1. The van der Waals surface area contributed by atoms with Crippen LogP contribution in [0.2, 0.25) is 0 Å². The molecule has 1 N–H and O–H groups in total. The number of hydrogen-bond donors (Lipinski definition) is 1. The summed E-state index contributed by atoms with van der Waals surface area (Å²) >= 11 is 0. The number of rotatable bonds is 10. The number of sulfonamides is 1. The summed E-state index contributed by atoms with van der Waals surface area (Å²) in [6.07, 6.45) is 2.45. The molecule has 2 aromatic carbocycles. The van der Waals surface area contributed by atoms with Crippen molar-refractivity contribution in [2.24, 2.45) is 11.8 Å². The Hall–Kier alpha value is -3.18. The van der Waals surface area contributed by atoms with E-state index in [1.807, 2.05) is 39.8 Å². The molecule has 0 radical (unpaired) electrons. The molecule has 1 fully saturated rings. The fraction of sp³-hybridized carbons (Fsp3) is 0.444. The lowest BCUT2D eigenvalue weighted by Gasteiger charge is -2.27. The highest BCUT2D eigenvalue weighted by Crippen LogP contribution is 2.44. The van der Waals surface area contributed by atoms with E-state index < -0.39 is 33.4 Å². The first-order valence-corrected chi connectivity index (χ1v) is 13.5. The Balaban J connectivity index is 1.94. The number of nitriles is 1. The summed E-state index contributed by atoms with van der Waals surface area (Å²) in [6.45, 7) is 7.82. The van der Waals surface area contributed by atoms with E-state index in [0.717, 1.165) is 12.8 Å². The molecule has 3 rings (SSSR count). The SMILES string of the molecule is CCCC1(CCC)OC(=O)C(C(c2cccc(NS(=O)(=O)c3ccc(C#N)cc3)c2)C(C)C)C1=O. The number of nitrogens with one attached hydrogen (secondary N) is 1. The molecule has 2 unspecified atom stereocenters. The van der Waals surface area contributed by atoms with Crippen molar-refractivity contribution in [2.75, 3.05) is 4.72 Å². The molecule has 0 saturated carbocycles. The molecular weight excluding hydrogens is 464 g/mol. The summed E-state index contributed by atoms with van der Waals surface area (Å²) in [5.74, 6) is -2.13. The number of benzene rings is 2. The molecular formula is C27H32N2O5S. The van der Waals surface area contributed by atoms with E-state index in [-0.39, 0.29) is 16.6 Å². The Morgan fingerprint density at radius 3 is 2.23 bits per heavy atom. The molecule has 0 aromatic heterocycles. The number of esters is 1. The van der Waals surface area contributed by atoms with Gasteiger partial charge in [0.15, 0.2) is 11.4 Å². The van der Waals surface area contributed by atoms with Gasteiger partial charge in [-0.1, -0.05) is 52.7 Å². The van der Waals surface area contributed by atoms with Crippen molar-refractivity contribution in [3.8, 4) is 6.07 Å². The van der Waals surface area contributed by atoms with E-state index in [0.29, 0.717) is 29.7 Å². The minimum atomic E-state index is -3.89. The second-order valence-corrected chi connectivity index (χ2v) is 11.1. The average molecular weight is 497 g/mol. The third-order valence-electron chi connectivity index (χ3n) is 6.48. The number of carbonyl (C=O) groups is 2. The number of ketones is 1. The summed E-state index contributed by atoms with van der Waals surface area (Å²) in [5, 5.41) is 8.94. The van der Waals surface area contributed by atoms with E-state index in [4.69, 9.17) is 10.00 Å². The van der Waals surface area contributed by atoms with Gasteiger partial charge in [-0.15, -0.1) is 0 Å². The van der Waals surface area contributed by atoms with Gasteiger partial charge in [-0.25, -0.2) is 8.42 Å². The molecule has 1 aliphatic heterocycles. The average Bonchev–Trinajstić information content (AvgIpc) is 3.04. The van der Waals surface area contributed by atoms with Crippen molar-refractivity contribution >= 4 is 27.5 Å². The van der Waals surface area contributed by atoms with Gasteiger partial charge in [0.1, 0.15) is 5.92 Å². The lowest BCUT2D eigenvalue weighted by molar-refractivity contribution is -0.154. The molecule has 1 saturated heterocycles. The van der Waals surface area contributed by atoms with Crippen molar-refractivity contribution in [1.82, 2.24) is 0 Å². The second kappa shape index (κ2) is 10.6. The highest BCUT2D eigenvalue weighted by atomic mass is 32.2. The molecule has 1 heterocycles. The maximum Gasteiger partial charge on any atom is 0.318 e.